The van der Waals surface area contributed by atoms with E-state index in [-0.39, 0.29) is 0 Å². The Balaban J connectivity index is 2.39. The number of anilines is 1. The van der Waals surface area contributed by atoms with Crippen molar-refractivity contribution in [1.29, 1.82) is 0 Å². The fourth-order valence-corrected chi connectivity index (χ4v) is 5.18. The number of hydrogen-bond donors (Lipinski definition) is 7. The standard InChI is InChI=1S/C11H16FN4O13P3/c1-2-11(14)7(17)6(27-9(11)16-3-5(12)8(13)15-10(16)18)4-26-31(22,23)29-32(24,25)28-30(19,20)21/h1,3,6-7,9,17H,4,14H2,(H,22,23)(H,24,25)(H2,13,15,18)(H2,19,20,21)/t6-,7+,9-,11?/m1/s1/i4D2. The summed E-state index contributed by atoms with van der Waals surface area (Å²) in [6.45, 7) is -3.69. The second kappa shape index (κ2) is 9.01. The molecule has 180 valence electrons. The number of phosphoric ester groups is 1. The highest BCUT2D eigenvalue weighted by atomic mass is 31.3. The van der Waals surface area contributed by atoms with Crippen LogP contribution in [0, 0.1) is 18.2 Å². The maximum Gasteiger partial charge on any atom is 0.490 e. The third-order valence-corrected chi connectivity index (χ3v) is 7.26. The number of aliphatic hydroxyl groups is 1. The summed E-state index contributed by atoms with van der Waals surface area (Å²) in [5.74, 6) is -0.283. The fourth-order valence-electron chi connectivity index (χ4n) is 2.31. The van der Waals surface area contributed by atoms with Gasteiger partial charge in [0, 0.05) is 0 Å². The van der Waals surface area contributed by atoms with Gasteiger partial charge in [0.25, 0.3) is 0 Å². The largest absolute Gasteiger partial charge is 0.490 e. The molecule has 0 aromatic carbocycles. The quantitative estimate of drug-likeness (QED) is 0.141. The Kier molecular flexibility index (Phi) is 6.65. The molecule has 9 N–H and O–H groups in total. The van der Waals surface area contributed by atoms with Gasteiger partial charge in [0.15, 0.2) is 23.4 Å². The summed E-state index contributed by atoms with van der Waals surface area (Å²) in [6.07, 6.45) is -1.21. The van der Waals surface area contributed by atoms with Crippen molar-refractivity contribution in [1.82, 2.24) is 9.55 Å². The van der Waals surface area contributed by atoms with Crippen LogP contribution in [0.4, 0.5) is 10.2 Å². The van der Waals surface area contributed by atoms with E-state index in [4.69, 9.17) is 40.0 Å². The molecule has 21 heteroatoms. The molecule has 2 rings (SSSR count). The first-order valence-electron chi connectivity index (χ1n) is 8.63. The minimum Gasteiger partial charge on any atom is -0.387 e. The summed E-state index contributed by atoms with van der Waals surface area (Å²) in [4.78, 5) is 51.0. The van der Waals surface area contributed by atoms with Gasteiger partial charge < -0.3 is 40.9 Å². The number of terminal acetylenes is 1. The van der Waals surface area contributed by atoms with Crippen LogP contribution in [0.15, 0.2) is 11.0 Å². The van der Waals surface area contributed by atoms with Crippen LogP contribution in [0.1, 0.15) is 8.97 Å². The molecule has 0 saturated carbocycles. The van der Waals surface area contributed by atoms with E-state index in [9.17, 15) is 32.9 Å². The van der Waals surface area contributed by atoms with Gasteiger partial charge >= 0.3 is 29.2 Å². The first kappa shape index (κ1) is 23.6. The average Bonchev–Trinajstić information content (AvgIpc) is 2.87. The third-order valence-electron chi connectivity index (χ3n) is 3.60. The number of nitrogens with two attached hydrogens (primary N) is 2. The van der Waals surface area contributed by atoms with E-state index in [1.807, 2.05) is 5.92 Å². The molecule has 0 amide bonds. The molecule has 17 nitrogen and oxygen atoms in total. The Labute approximate surface area is 180 Å². The maximum atomic E-state index is 13.8. The Morgan fingerprint density at radius 3 is 2.47 bits per heavy atom. The summed E-state index contributed by atoms with van der Waals surface area (Å²) in [5, 5.41) is 10.5. The first-order valence-corrected chi connectivity index (χ1v) is 12.1. The fraction of sp³-hybridized carbons (Fsp3) is 0.455. The molecular formula is C11H16FN4O13P3. The lowest BCUT2D eigenvalue weighted by atomic mass is 9.92. The van der Waals surface area contributed by atoms with Gasteiger partial charge in [-0.05, 0) is 0 Å². The van der Waals surface area contributed by atoms with E-state index in [1.165, 1.54) is 0 Å². The van der Waals surface area contributed by atoms with Crippen molar-refractivity contribution >= 4 is 29.3 Å². The van der Waals surface area contributed by atoms with E-state index < -0.39 is 71.3 Å². The molecule has 1 aromatic heterocycles. The van der Waals surface area contributed by atoms with Crippen LogP contribution >= 0.6 is 23.5 Å². The SMILES string of the molecule is [2H]C([2H])(OP(=O)(O)OP(=O)(O)OP(=O)(O)O)[C@H]1O[C@@H](n2cc(F)c(N)nc2=O)C(N)(C#C)[C@H]1O. The lowest BCUT2D eigenvalue weighted by Gasteiger charge is -2.27. The summed E-state index contributed by atoms with van der Waals surface area (Å²) in [7, 11) is -17.8. The Hall–Kier alpha value is -1.54. The Morgan fingerprint density at radius 1 is 1.34 bits per heavy atom. The zero-order valence-corrected chi connectivity index (χ0v) is 17.8. The van der Waals surface area contributed by atoms with Crippen LogP contribution in [0.3, 0.4) is 0 Å². The molecule has 6 atom stereocenters. The van der Waals surface area contributed by atoms with E-state index in [0.717, 1.165) is 0 Å². The predicted molar refractivity (Wildman–Crippen MR) is 98.4 cm³/mol. The predicted octanol–water partition coefficient (Wildman–Crippen LogP) is -2.10. The van der Waals surface area contributed by atoms with E-state index >= 15 is 0 Å². The van der Waals surface area contributed by atoms with Gasteiger partial charge in [-0.1, -0.05) is 5.92 Å². The van der Waals surface area contributed by atoms with Gasteiger partial charge in [-0.25, -0.2) is 22.9 Å². The van der Waals surface area contributed by atoms with E-state index in [0.29, 0.717) is 10.8 Å². The minimum absolute atomic E-state index is 0.301. The number of nitrogen functional groups attached to an aromatic ring is 1. The first-order chi connectivity index (χ1) is 15.1. The number of hydrogen-bond acceptors (Lipinski definition) is 12. The molecule has 3 unspecified atom stereocenters. The van der Waals surface area contributed by atoms with Gasteiger partial charge in [-0.15, -0.1) is 6.42 Å². The van der Waals surface area contributed by atoms with Crippen molar-refractivity contribution < 1.29 is 63.4 Å². The van der Waals surface area contributed by atoms with Crippen molar-refractivity contribution in [2.75, 3.05) is 12.3 Å². The smallest absolute Gasteiger partial charge is 0.387 e. The topological polar surface area (TPSA) is 276 Å². The van der Waals surface area contributed by atoms with Gasteiger partial charge in [0.1, 0.15) is 12.2 Å². The summed E-state index contributed by atoms with van der Waals surface area (Å²) < 4.78 is 79.8. The Morgan fingerprint density at radius 2 is 1.94 bits per heavy atom. The van der Waals surface area contributed by atoms with Gasteiger partial charge in [0.2, 0.25) is 0 Å². The van der Waals surface area contributed by atoms with Crippen molar-refractivity contribution in [3.05, 3.63) is 22.5 Å². The van der Waals surface area contributed by atoms with Crippen LogP contribution in [0.25, 0.3) is 0 Å². The number of aliphatic hydroxyl groups excluding tert-OH is 1. The molecule has 1 aliphatic heterocycles. The van der Waals surface area contributed by atoms with Crippen LogP contribution in [-0.2, 0) is 31.6 Å². The van der Waals surface area contributed by atoms with E-state index in [1.54, 1.807) is 0 Å². The van der Waals surface area contributed by atoms with Crippen molar-refractivity contribution in [3.63, 3.8) is 0 Å². The molecule has 1 aliphatic rings. The van der Waals surface area contributed by atoms with Crippen molar-refractivity contribution in [2.24, 2.45) is 5.73 Å². The van der Waals surface area contributed by atoms with Crippen LogP contribution in [0.2, 0.25) is 0 Å². The molecule has 0 aliphatic carbocycles. The van der Waals surface area contributed by atoms with E-state index in [2.05, 4.69) is 18.1 Å². The molecular weight excluding hydrogens is 508 g/mol. The summed E-state index contributed by atoms with van der Waals surface area (Å²) in [6, 6.07) is 0. The molecule has 1 fully saturated rings. The van der Waals surface area contributed by atoms with Gasteiger partial charge in [-0.3, -0.25) is 9.09 Å². The second-order valence-corrected chi connectivity index (χ2v) is 10.2. The van der Waals surface area contributed by atoms with Crippen molar-refractivity contribution in [2.45, 2.75) is 24.0 Å². The zero-order valence-electron chi connectivity index (χ0n) is 17.2. The molecule has 2 heterocycles. The highest BCUT2D eigenvalue weighted by Crippen LogP contribution is 2.66. The number of rotatable bonds is 8. The molecule has 32 heavy (non-hydrogen) atoms. The molecule has 1 aromatic rings. The molecule has 1 saturated heterocycles. The zero-order chi connectivity index (χ0) is 26.5. The third kappa shape index (κ3) is 6.07. The van der Waals surface area contributed by atoms with Crippen LogP contribution in [-0.4, -0.2) is 58.5 Å². The van der Waals surface area contributed by atoms with Crippen LogP contribution < -0.4 is 17.2 Å². The highest BCUT2D eigenvalue weighted by Gasteiger charge is 2.55. The number of aromatic nitrogens is 2. The number of phosphoric acid groups is 3. The second-order valence-electron chi connectivity index (χ2n) is 5.90. The Bertz CT molecular complexity index is 1220. The number of nitrogens with zero attached hydrogens (tertiary/aromatic N) is 2. The van der Waals surface area contributed by atoms with Crippen LogP contribution in [0.5, 0.6) is 0 Å². The molecule has 0 radical (unpaired) electrons. The average molecular weight is 526 g/mol. The lowest BCUT2D eigenvalue weighted by molar-refractivity contribution is -0.0470. The normalized spacial score (nSPS) is 31.1. The highest BCUT2D eigenvalue weighted by molar-refractivity contribution is 7.66. The number of ether oxygens (including phenoxy) is 1. The monoisotopic (exact) mass is 526 g/mol. The lowest BCUT2D eigenvalue weighted by Crippen LogP contribution is -2.55. The van der Waals surface area contributed by atoms with Gasteiger partial charge in [0.05, 0.1) is 15.5 Å². The molecule has 0 bridgehead atoms. The summed E-state index contributed by atoms with van der Waals surface area (Å²) >= 11 is 0. The van der Waals surface area contributed by atoms with Crippen molar-refractivity contribution in [3.8, 4) is 12.3 Å². The summed E-state index contributed by atoms with van der Waals surface area (Å²) in [5.41, 5.74) is 7.15. The maximum absolute atomic E-state index is 13.8. The van der Waals surface area contributed by atoms with Gasteiger partial charge in [-0.2, -0.15) is 13.6 Å². The minimum atomic E-state index is -6.06. The molecule has 0 spiro atoms. The number of halogens is 1.